The van der Waals surface area contributed by atoms with Gasteiger partial charge in [-0.1, -0.05) is 95.0 Å². The zero-order chi connectivity index (χ0) is 16.4. The Bertz CT molecular complexity index is 378. The Kier molecular flexibility index (Phi) is 9.52. The van der Waals surface area contributed by atoms with E-state index in [0.29, 0.717) is 0 Å². The Labute approximate surface area is 139 Å². The summed E-state index contributed by atoms with van der Waals surface area (Å²) in [5.41, 5.74) is 4.42. The van der Waals surface area contributed by atoms with Crippen LogP contribution in [0.2, 0.25) is 0 Å². The second kappa shape index (κ2) is 10.9. The number of rotatable bonds is 6. The van der Waals surface area contributed by atoms with Crippen molar-refractivity contribution in [2.24, 2.45) is 5.92 Å². The van der Waals surface area contributed by atoms with Gasteiger partial charge in [0.05, 0.1) is 0 Å². The molecule has 0 heteroatoms. The summed E-state index contributed by atoms with van der Waals surface area (Å²) in [6.45, 7) is 11.3. The lowest BCUT2D eigenvalue weighted by Gasteiger charge is -2.11. The van der Waals surface area contributed by atoms with E-state index in [4.69, 9.17) is 0 Å². The maximum Gasteiger partial charge on any atom is -0.0162 e. The highest BCUT2D eigenvalue weighted by Crippen LogP contribution is 2.34. The minimum atomic E-state index is 0.860. The number of hydrogen-bond donors (Lipinski definition) is 0. The molecule has 1 unspecified atom stereocenters. The molecule has 0 aliphatic heterocycles. The fourth-order valence-electron chi connectivity index (χ4n) is 3.69. The highest BCUT2D eigenvalue weighted by molar-refractivity contribution is 5.31. The lowest BCUT2D eigenvalue weighted by molar-refractivity contribution is 0.466. The van der Waals surface area contributed by atoms with Gasteiger partial charge in [0.15, 0.2) is 0 Å². The van der Waals surface area contributed by atoms with Gasteiger partial charge in [-0.2, -0.15) is 0 Å². The van der Waals surface area contributed by atoms with Crippen molar-refractivity contribution >= 4 is 0 Å². The topological polar surface area (TPSA) is 0 Å². The van der Waals surface area contributed by atoms with E-state index in [9.17, 15) is 0 Å². The van der Waals surface area contributed by atoms with E-state index in [-0.39, 0.29) is 0 Å². The molecular weight excluding hydrogens is 264 g/mol. The second-order valence-electron chi connectivity index (χ2n) is 7.44. The van der Waals surface area contributed by atoms with Gasteiger partial charge in [0.2, 0.25) is 0 Å². The van der Waals surface area contributed by atoms with E-state index in [0.717, 1.165) is 11.8 Å². The molecular formula is C22H38. The lowest BCUT2D eigenvalue weighted by Crippen LogP contribution is -1.93. The molecule has 2 rings (SSSR count). The molecule has 0 N–H and O–H groups in total. The summed E-state index contributed by atoms with van der Waals surface area (Å²) >= 11 is 0. The quantitative estimate of drug-likeness (QED) is 0.508. The molecule has 1 aliphatic carbocycles. The Morgan fingerprint density at radius 3 is 2.00 bits per heavy atom. The molecule has 0 nitrogen and oxygen atoms in total. The van der Waals surface area contributed by atoms with Gasteiger partial charge >= 0.3 is 0 Å². The molecule has 1 fully saturated rings. The van der Waals surface area contributed by atoms with E-state index in [1.807, 2.05) is 0 Å². The van der Waals surface area contributed by atoms with Crippen LogP contribution in [0.1, 0.15) is 101 Å². The lowest BCUT2D eigenvalue weighted by atomic mass is 9.94. The molecule has 1 aromatic carbocycles. The van der Waals surface area contributed by atoms with Gasteiger partial charge in [0.1, 0.15) is 0 Å². The summed E-state index contributed by atoms with van der Waals surface area (Å²) in [7, 11) is 0. The fourth-order valence-corrected chi connectivity index (χ4v) is 3.69. The molecule has 126 valence electrons. The first-order valence-corrected chi connectivity index (χ1v) is 9.65. The summed E-state index contributed by atoms with van der Waals surface area (Å²) in [5, 5.41) is 0. The molecule has 1 aromatic rings. The number of unbranched alkanes of at least 4 members (excludes halogenated alkanes) is 1. The molecule has 1 saturated carbocycles. The predicted octanol–water partition coefficient (Wildman–Crippen LogP) is 7.57. The summed E-state index contributed by atoms with van der Waals surface area (Å²) in [5.74, 6) is 1.83. The first-order chi connectivity index (χ1) is 10.6. The first kappa shape index (κ1) is 19.3. The van der Waals surface area contributed by atoms with Crippen molar-refractivity contribution < 1.29 is 0 Å². The van der Waals surface area contributed by atoms with Crippen LogP contribution >= 0.6 is 0 Å². The third-order valence-electron chi connectivity index (χ3n) is 4.90. The Balaban J connectivity index is 0.000000239. The van der Waals surface area contributed by atoms with E-state index < -0.39 is 0 Å². The third kappa shape index (κ3) is 7.47. The van der Waals surface area contributed by atoms with Crippen LogP contribution in [0.5, 0.6) is 0 Å². The van der Waals surface area contributed by atoms with Crippen LogP contribution in [-0.2, 0) is 0 Å². The highest BCUT2D eigenvalue weighted by Gasteiger charge is 2.16. The van der Waals surface area contributed by atoms with Crippen molar-refractivity contribution in [1.82, 2.24) is 0 Å². The van der Waals surface area contributed by atoms with Crippen LogP contribution in [0.3, 0.4) is 0 Å². The van der Waals surface area contributed by atoms with E-state index in [1.165, 1.54) is 68.9 Å². The van der Waals surface area contributed by atoms with Gasteiger partial charge in [-0.3, -0.25) is 0 Å². The van der Waals surface area contributed by atoms with E-state index in [1.54, 1.807) is 5.56 Å². The molecule has 0 amide bonds. The van der Waals surface area contributed by atoms with Gasteiger partial charge in [-0.25, -0.2) is 0 Å². The molecule has 0 bridgehead atoms. The normalized spacial score (nSPS) is 16.2. The largest absolute Gasteiger partial charge is 0.0654 e. The minimum Gasteiger partial charge on any atom is -0.0654 e. The molecule has 0 saturated heterocycles. The summed E-state index contributed by atoms with van der Waals surface area (Å²) < 4.78 is 0. The Morgan fingerprint density at radius 1 is 0.909 bits per heavy atom. The second-order valence-corrected chi connectivity index (χ2v) is 7.44. The molecule has 22 heavy (non-hydrogen) atoms. The Morgan fingerprint density at radius 2 is 1.50 bits per heavy atom. The highest BCUT2D eigenvalue weighted by atomic mass is 14.2. The summed E-state index contributed by atoms with van der Waals surface area (Å²) in [6, 6.07) is 6.99. The van der Waals surface area contributed by atoms with Crippen LogP contribution in [0.25, 0.3) is 0 Å². The predicted molar refractivity (Wildman–Crippen MR) is 101 cm³/mol. The SMILES string of the molecule is CCCCC(C)CCC.Cc1cc(C)cc(C2CCCC2)c1. The summed E-state index contributed by atoms with van der Waals surface area (Å²) in [6.07, 6.45) is 12.6. The standard InChI is InChI=1S/C13H18.C9H20/c1-10-7-11(2)9-13(8-10)12-5-3-4-6-12;1-4-6-8-9(3)7-5-2/h7-9,12H,3-6H2,1-2H3;9H,4-8H2,1-3H3. The molecule has 0 radical (unpaired) electrons. The molecule has 0 spiro atoms. The Hall–Kier alpha value is -0.780. The van der Waals surface area contributed by atoms with Crippen molar-refractivity contribution in [3.8, 4) is 0 Å². The first-order valence-electron chi connectivity index (χ1n) is 9.65. The van der Waals surface area contributed by atoms with Gasteiger partial charge in [-0.05, 0) is 44.1 Å². The average Bonchev–Trinajstić information content (AvgIpc) is 2.99. The van der Waals surface area contributed by atoms with Crippen molar-refractivity contribution in [2.75, 3.05) is 0 Å². The zero-order valence-corrected chi connectivity index (χ0v) is 15.8. The fraction of sp³-hybridized carbons (Fsp3) is 0.727. The number of benzene rings is 1. The molecule has 0 heterocycles. The van der Waals surface area contributed by atoms with Crippen LogP contribution in [-0.4, -0.2) is 0 Å². The van der Waals surface area contributed by atoms with E-state index in [2.05, 4.69) is 52.8 Å². The van der Waals surface area contributed by atoms with Crippen LogP contribution < -0.4 is 0 Å². The third-order valence-corrected chi connectivity index (χ3v) is 4.90. The van der Waals surface area contributed by atoms with Gasteiger partial charge in [-0.15, -0.1) is 0 Å². The minimum absolute atomic E-state index is 0.860. The van der Waals surface area contributed by atoms with Crippen LogP contribution in [0, 0.1) is 19.8 Å². The van der Waals surface area contributed by atoms with E-state index >= 15 is 0 Å². The zero-order valence-electron chi connectivity index (χ0n) is 15.8. The average molecular weight is 303 g/mol. The summed E-state index contributed by atoms with van der Waals surface area (Å²) in [4.78, 5) is 0. The molecule has 1 atom stereocenters. The number of aryl methyl sites for hydroxylation is 2. The van der Waals surface area contributed by atoms with Gasteiger partial charge in [0, 0.05) is 0 Å². The van der Waals surface area contributed by atoms with Crippen molar-refractivity contribution in [3.05, 3.63) is 34.9 Å². The van der Waals surface area contributed by atoms with Crippen LogP contribution in [0.4, 0.5) is 0 Å². The van der Waals surface area contributed by atoms with Crippen LogP contribution in [0.15, 0.2) is 18.2 Å². The molecule has 0 aromatic heterocycles. The van der Waals surface area contributed by atoms with Gasteiger partial charge in [0.25, 0.3) is 0 Å². The van der Waals surface area contributed by atoms with Crippen molar-refractivity contribution in [1.29, 1.82) is 0 Å². The molecule has 1 aliphatic rings. The van der Waals surface area contributed by atoms with Gasteiger partial charge < -0.3 is 0 Å². The maximum absolute atomic E-state index is 2.36. The van der Waals surface area contributed by atoms with Crippen molar-refractivity contribution in [2.45, 2.75) is 98.3 Å². The number of hydrogen-bond acceptors (Lipinski definition) is 0. The van der Waals surface area contributed by atoms with Crippen molar-refractivity contribution in [3.63, 3.8) is 0 Å². The monoisotopic (exact) mass is 302 g/mol. The smallest absolute Gasteiger partial charge is 0.0162 e. The maximum atomic E-state index is 2.36.